The molecule has 1 aliphatic rings. The Hall–Kier alpha value is -2.06. The second-order valence-electron chi connectivity index (χ2n) is 6.23. The predicted molar refractivity (Wildman–Crippen MR) is 90.8 cm³/mol. The Bertz CT molecular complexity index is 798. The van der Waals surface area contributed by atoms with Crippen molar-refractivity contribution in [3.05, 3.63) is 52.3 Å². The SMILES string of the molecule is Cn1nc(C(=O)N2CCN(Cc3cccc(Cl)c3)CC2)cc1C(F)(F)F. The zero-order valence-electron chi connectivity index (χ0n) is 14.1. The molecule has 0 radical (unpaired) electrons. The van der Waals surface area contributed by atoms with E-state index in [0.29, 0.717) is 42.4 Å². The molecule has 1 aliphatic heterocycles. The number of carbonyl (C=O) groups is 1. The minimum Gasteiger partial charge on any atom is -0.335 e. The quantitative estimate of drug-likeness (QED) is 0.814. The van der Waals surface area contributed by atoms with Gasteiger partial charge in [-0.2, -0.15) is 18.3 Å². The van der Waals surface area contributed by atoms with Crippen LogP contribution in [-0.2, 0) is 19.8 Å². The zero-order valence-corrected chi connectivity index (χ0v) is 14.9. The fourth-order valence-corrected chi connectivity index (χ4v) is 3.21. The highest BCUT2D eigenvalue weighted by molar-refractivity contribution is 6.30. The lowest BCUT2D eigenvalue weighted by atomic mass is 10.2. The molecule has 1 aromatic carbocycles. The van der Waals surface area contributed by atoms with Crippen molar-refractivity contribution in [2.24, 2.45) is 7.05 Å². The van der Waals surface area contributed by atoms with Gasteiger partial charge in [0.05, 0.1) is 0 Å². The first-order valence-electron chi connectivity index (χ1n) is 8.11. The highest BCUT2D eigenvalue weighted by Crippen LogP contribution is 2.29. The maximum atomic E-state index is 12.9. The molecule has 2 aromatic rings. The number of carbonyl (C=O) groups excluding carboxylic acids is 1. The molecule has 0 atom stereocenters. The van der Waals surface area contributed by atoms with Gasteiger partial charge in [0.2, 0.25) is 0 Å². The Morgan fingerprint density at radius 2 is 1.88 bits per heavy atom. The molecule has 0 bridgehead atoms. The van der Waals surface area contributed by atoms with E-state index in [2.05, 4.69) is 10.00 Å². The van der Waals surface area contributed by atoms with E-state index < -0.39 is 17.8 Å². The van der Waals surface area contributed by atoms with Crippen molar-refractivity contribution >= 4 is 17.5 Å². The van der Waals surface area contributed by atoms with Crippen LogP contribution in [0, 0.1) is 0 Å². The Kier molecular flexibility index (Phi) is 5.24. The first-order valence-corrected chi connectivity index (χ1v) is 8.49. The molecule has 1 aromatic heterocycles. The largest absolute Gasteiger partial charge is 0.433 e. The number of aromatic nitrogens is 2. The van der Waals surface area contributed by atoms with Gasteiger partial charge in [0.15, 0.2) is 5.69 Å². The maximum absolute atomic E-state index is 12.9. The molecule has 0 aliphatic carbocycles. The number of benzene rings is 1. The number of hydrogen-bond acceptors (Lipinski definition) is 3. The van der Waals surface area contributed by atoms with Crippen LogP contribution in [0.4, 0.5) is 13.2 Å². The van der Waals surface area contributed by atoms with Crippen molar-refractivity contribution in [3.8, 4) is 0 Å². The fraction of sp³-hybridized carbons (Fsp3) is 0.412. The van der Waals surface area contributed by atoms with Gasteiger partial charge in [-0.25, -0.2) is 0 Å². The van der Waals surface area contributed by atoms with Gasteiger partial charge in [-0.05, 0) is 17.7 Å². The molecule has 26 heavy (non-hydrogen) atoms. The van der Waals surface area contributed by atoms with Crippen molar-refractivity contribution < 1.29 is 18.0 Å². The van der Waals surface area contributed by atoms with Crippen LogP contribution in [0.3, 0.4) is 0 Å². The highest BCUT2D eigenvalue weighted by atomic mass is 35.5. The summed E-state index contributed by atoms with van der Waals surface area (Å²) in [6.45, 7) is 2.87. The second kappa shape index (κ2) is 7.28. The Morgan fingerprint density at radius 3 is 2.46 bits per heavy atom. The molecule has 9 heteroatoms. The summed E-state index contributed by atoms with van der Waals surface area (Å²) in [5, 5.41) is 4.40. The molecule has 0 spiro atoms. The van der Waals surface area contributed by atoms with Gasteiger partial charge in [0.1, 0.15) is 5.69 Å². The molecular weight excluding hydrogens is 369 g/mol. The van der Waals surface area contributed by atoms with Gasteiger partial charge in [-0.1, -0.05) is 23.7 Å². The highest BCUT2D eigenvalue weighted by Gasteiger charge is 2.36. The van der Waals surface area contributed by atoms with Crippen LogP contribution in [0.1, 0.15) is 21.7 Å². The average Bonchev–Trinajstić information content (AvgIpc) is 2.97. The van der Waals surface area contributed by atoms with Crippen molar-refractivity contribution in [1.82, 2.24) is 19.6 Å². The van der Waals surface area contributed by atoms with Gasteiger partial charge in [0, 0.05) is 50.9 Å². The summed E-state index contributed by atoms with van der Waals surface area (Å²) in [6.07, 6.45) is -4.53. The minimum absolute atomic E-state index is 0.178. The predicted octanol–water partition coefficient (Wildman–Crippen LogP) is 3.05. The zero-order chi connectivity index (χ0) is 18.9. The number of nitrogens with zero attached hydrogens (tertiary/aromatic N) is 4. The van der Waals surface area contributed by atoms with Crippen LogP contribution in [-0.4, -0.2) is 51.7 Å². The summed E-state index contributed by atoms with van der Waals surface area (Å²) in [5.74, 6) is -0.474. The smallest absolute Gasteiger partial charge is 0.335 e. The van der Waals surface area contributed by atoms with Crippen molar-refractivity contribution in [2.45, 2.75) is 12.7 Å². The number of halogens is 4. The molecule has 1 amide bonds. The Morgan fingerprint density at radius 1 is 1.19 bits per heavy atom. The third-order valence-corrected chi connectivity index (χ3v) is 4.58. The maximum Gasteiger partial charge on any atom is 0.433 e. The molecular formula is C17H18ClF3N4O. The number of hydrogen-bond donors (Lipinski definition) is 0. The van der Waals surface area contributed by atoms with E-state index in [1.54, 1.807) is 0 Å². The lowest BCUT2D eigenvalue weighted by Crippen LogP contribution is -2.48. The van der Waals surface area contributed by atoms with Crippen LogP contribution < -0.4 is 0 Å². The Balaban J connectivity index is 1.60. The number of rotatable bonds is 3. The summed E-state index contributed by atoms with van der Waals surface area (Å²) in [7, 11) is 1.18. The first-order chi connectivity index (χ1) is 12.2. The van der Waals surface area contributed by atoms with Crippen LogP contribution >= 0.6 is 11.6 Å². The third kappa shape index (κ3) is 4.19. The molecule has 0 unspecified atom stereocenters. The number of alkyl halides is 3. The van der Waals surface area contributed by atoms with Gasteiger partial charge < -0.3 is 4.90 Å². The summed E-state index contributed by atoms with van der Waals surface area (Å²) < 4.78 is 39.3. The van der Waals surface area contributed by atoms with E-state index in [-0.39, 0.29) is 5.69 Å². The van der Waals surface area contributed by atoms with Gasteiger partial charge in [0.25, 0.3) is 5.91 Å². The van der Waals surface area contributed by atoms with E-state index in [1.165, 1.54) is 11.9 Å². The van der Waals surface area contributed by atoms with E-state index in [9.17, 15) is 18.0 Å². The van der Waals surface area contributed by atoms with Crippen molar-refractivity contribution in [3.63, 3.8) is 0 Å². The lowest BCUT2D eigenvalue weighted by molar-refractivity contribution is -0.143. The average molecular weight is 387 g/mol. The van der Waals surface area contributed by atoms with E-state index in [4.69, 9.17) is 11.6 Å². The monoisotopic (exact) mass is 386 g/mol. The lowest BCUT2D eigenvalue weighted by Gasteiger charge is -2.34. The second-order valence-corrected chi connectivity index (χ2v) is 6.67. The van der Waals surface area contributed by atoms with E-state index >= 15 is 0 Å². The number of piperazine rings is 1. The Labute approximate surface area is 153 Å². The van der Waals surface area contributed by atoms with E-state index in [0.717, 1.165) is 11.6 Å². The third-order valence-electron chi connectivity index (χ3n) is 4.34. The van der Waals surface area contributed by atoms with Crippen molar-refractivity contribution in [1.29, 1.82) is 0 Å². The number of amides is 1. The normalized spacial score (nSPS) is 16.1. The molecule has 3 rings (SSSR count). The number of aryl methyl sites for hydroxylation is 1. The molecule has 1 saturated heterocycles. The molecule has 140 valence electrons. The summed E-state index contributed by atoms with van der Waals surface area (Å²) in [6, 6.07) is 8.38. The van der Waals surface area contributed by atoms with Crippen LogP contribution in [0.25, 0.3) is 0 Å². The summed E-state index contributed by atoms with van der Waals surface area (Å²) in [4.78, 5) is 16.2. The van der Waals surface area contributed by atoms with Crippen molar-refractivity contribution in [2.75, 3.05) is 26.2 Å². The van der Waals surface area contributed by atoms with Gasteiger partial charge >= 0.3 is 6.18 Å². The standard InChI is InChI=1S/C17H18ClF3N4O/c1-23-15(17(19,20)21)10-14(22-23)16(26)25-7-5-24(6-8-25)11-12-3-2-4-13(18)9-12/h2-4,9-10H,5-8,11H2,1H3. The summed E-state index contributed by atoms with van der Waals surface area (Å²) in [5.41, 5.74) is -0.0274. The van der Waals surface area contributed by atoms with Crippen LogP contribution in [0.5, 0.6) is 0 Å². The molecule has 2 heterocycles. The fourth-order valence-electron chi connectivity index (χ4n) is 3.00. The molecule has 1 fully saturated rings. The van der Waals surface area contributed by atoms with Crippen LogP contribution in [0.2, 0.25) is 5.02 Å². The molecule has 5 nitrogen and oxygen atoms in total. The van der Waals surface area contributed by atoms with E-state index in [1.807, 2.05) is 24.3 Å². The molecule has 0 saturated carbocycles. The minimum atomic E-state index is -4.53. The first kappa shape index (κ1) is 18.7. The summed E-state index contributed by atoms with van der Waals surface area (Å²) >= 11 is 5.98. The molecule has 0 N–H and O–H groups in total. The van der Waals surface area contributed by atoms with Crippen LogP contribution in [0.15, 0.2) is 30.3 Å². The van der Waals surface area contributed by atoms with Gasteiger partial charge in [-0.15, -0.1) is 0 Å². The topological polar surface area (TPSA) is 41.4 Å². The van der Waals surface area contributed by atoms with Gasteiger partial charge in [-0.3, -0.25) is 14.4 Å².